The third-order valence-electron chi connectivity index (χ3n) is 2.70. The molecule has 0 radical (unpaired) electrons. The molecular formula is C12H13N3O. The van der Waals surface area contributed by atoms with Crippen molar-refractivity contribution in [3.8, 4) is 6.07 Å². The van der Waals surface area contributed by atoms with Gasteiger partial charge in [0, 0.05) is 0 Å². The summed E-state index contributed by atoms with van der Waals surface area (Å²) < 4.78 is 0. The Morgan fingerprint density at radius 2 is 1.94 bits per heavy atom. The molecule has 16 heavy (non-hydrogen) atoms. The number of rotatable bonds is 2. The highest BCUT2D eigenvalue weighted by atomic mass is 16.1. The van der Waals surface area contributed by atoms with Crippen LogP contribution in [0.1, 0.15) is 25.3 Å². The zero-order valence-electron chi connectivity index (χ0n) is 9.24. The van der Waals surface area contributed by atoms with E-state index in [1.807, 2.05) is 32.0 Å². The summed E-state index contributed by atoms with van der Waals surface area (Å²) in [5, 5.41) is 9.10. The van der Waals surface area contributed by atoms with Gasteiger partial charge in [-0.1, -0.05) is 19.9 Å². The third kappa shape index (κ3) is 1.72. The van der Waals surface area contributed by atoms with Crippen molar-refractivity contribution in [3.05, 3.63) is 34.2 Å². The van der Waals surface area contributed by atoms with Gasteiger partial charge in [-0.25, -0.2) is 4.79 Å². The molecule has 0 saturated carbocycles. The molecule has 1 atom stereocenters. The second-order valence-electron chi connectivity index (χ2n) is 4.23. The molecule has 4 heteroatoms. The second-order valence-corrected chi connectivity index (χ2v) is 4.23. The summed E-state index contributed by atoms with van der Waals surface area (Å²) in [4.78, 5) is 16.5. The highest BCUT2D eigenvalue weighted by Gasteiger charge is 2.15. The lowest BCUT2D eigenvalue weighted by Gasteiger charge is -2.12. The molecule has 0 bridgehead atoms. The molecule has 0 saturated heterocycles. The van der Waals surface area contributed by atoms with Gasteiger partial charge in [0.15, 0.2) is 0 Å². The highest BCUT2D eigenvalue weighted by Crippen LogP contribution is 2.25. The van der Waals surface area contributed by atoms with Crippen molar-refractivity contribution in [2.75, 3.05) is 0 Å². The maximum absolute atomic E-state index is 11.1. The summed E-state index contributed by atoms with van der Waals surface area (Å²) in [7, 11) is 0. The standard InChI is InChI=1S/C12H13N3O/c1-7(2)9(6-13)8-3-4-10-11(5-8)15-12(16)14-10/h3-5,7,9H,1-2H3,(H2,14,15,16). The molecule has 2 aromatic rings. The topological polar surface area (TPSA) is 72.4 Å². The van der Waals surface area contributed by atoms with Crippen LogP contribution in [-0.4, -0.2) is 9.97 Å². The van der Waals surface area contributed by atoms with Crippen LogP contribution in [0.2, 0.25) is 0 Å². The molecule has 4 nitrogen and oxygen atoms in total. The number of fused-ring (bicyclic) bond motifs is 1. The van der Waals surface area contributed by atoms with Gasteiger partial charge in [-0.2, -0.15) is 5.26 Å². The molecule has 0 aliphatic heterocycles. The summed E-state index contributed by atoms with van der Waals surface area (Å²) in [5.74, 6) is 0.121. The number of aromatic nitrogens is 2. The molecule has 0 spiro atoms. The largest absolute Gasteiger partial charge is 0.323 e. The number of nitriles is 1. The van der Waals surface area contributed by atoms with Crippen LogP contribution in [0.4, 0.5) is 0 Å². The van der Waals surface area contributed by atoms with Gasteiger partial charge in [0.25, 0.3) is 0 Å². The first-order chi connectivity index (χ1) is 7.61. The minimum atomic E-state index is -0.217. The normalized spacial score (nSPS) is 12.9. The second kappa shape index (κ2) is 3.86. The Morgan fingerprint density at radius 3 is 2.56 bits per heavy atom. The maximum atomic E-state index is 11.1. The van der Waals surface area contributed by atoms with Crippen LogP contribution in [0.15, 0.2) is 23.0 Å². The quantitative estimate of drug-likeness (QED) is 0.805. The fraction of sp³-hybridized carbons (Fsp3) is 0.333. The number of nitrogens with one attached hydrogen (secondary N) is 2. The Labute approximate surface area is 92.9 Å². The lowest BCUT2D eigenvalue weighted by Crippen LogP contribution is -2.03. The van der Waals surface area contributed by atoms with Gasteiger partial charge in [-0.15, -0.1) is 0 Å². The Balaban J connectivity index is 2.54. The smallest absolute Gasteiger partial charge is 0.306 e. The van der Waals surface area contributed by atoms with Gasteiger partial charge in [0.1, 0.15) is 0 Å². The number of H-pyrrole nitrogens is 2. The van der Waals surface area contributed by atoms with Crippen molar-refractivity contribution in [1.29, 1.82) is 5.26 Å². The van der Waals surface area contributed by atoms with Crippen LogP contribution >= 0.6 is 0 Å². The zero-order valence-corrected chi connectivity index (χ0v) is 9.24. The van der Waals surface area contributed by atoms with Crippen molar-refractivity contribution in [2.24, 2.45) is 5.92 Å². The molecule has 0 aliphatic carbocycles. The molecule has 2 N–H and O–H groups in total. The first-order valence-corrected chi connectivity index (χ1v) is 5.23. The average Bonchev–Trinajstić information content (AvgIpc) is 2.57. The van der Waals surface area contributed by atoms with Gasteiger partial charge in [-0.3, -0.25) is 0 Å². The summed E-state index contributed by atoms with van der Waals surface area (Å²) in [6.07, 6.45) is 0. The first kappa shape index (κ1) is 10.5. The van der Waals surface area contributed by atoms with E-state index >= 15 is 0 Å². The van der Waals surface area contributed by atoms with Crippen molar-refractivity contribution < 1.29 is 0 Å². The van der Waals surface area contributed by atoms with Gasteiger partial charge in [-0.05, 0) is 23.6 Å². The van der Waals surface area contributed by atoms with Crippen molar-refractivity contribution in [3.63, 3.8) is 0 Å². The van der Waals surface area contributed by atoms with E-state index in [0.717, 1.165) is 16.6 Å². The molecule has 1 aromatic carbocycles. The Bertz CT molecular complexity index is 600. The lowest BCUT2D eigenvalue weighted by molar-refractivity contribution is 0.588. The van der Waals surface area contributed by atoms with E-state index in [-0.39, 0.29) is 17.5 Å². The maximum Gasteiger partial charge on any atom is 0.323 e. The SMILES string of the molecule is CC(C)C(C#N)c1ccc2[nH]c(=O)[nH]c2c1. The predicted molar refractivity (Wildman–Crippen MR) is 62.1 cm³/mol. The fourth-order valence-electron chi connectivity index (χ4n) is 1.85. The van der Waals surface area contributed by atoms with Crippen LogP contribution in [0.5, 0.6) is 0 Å². The van der Waals surface area contributed by atoms with E-state index in [1.165, 1.54) is 0 Å². The minimum absolute atomic E-state index is 0.136. The van der Waals surface area contributed by atoms with E-state index in [2.05, 4.69) is 16.0 Å². The van der Waals surface area contributed by atoms with Gasteiger partial charge in [0.2, 0.25) is 0 Å². The predicted octanol–water partition coefficient (Wildman–Crippen LogP) is 2.12. The Hall–Kier alpha value is -2.02. The lowest BCUT2D eigenvalue weighted by atomic mass is 9.90. The van der Waals surface area contributed by atoms with Crippen LogP contribution in [0, 0.1) is 17.2 Å². The number of nitrogens with zero attached hydrogens (tertiary/aromatic N) is 1. The Morgan fingerprint density at radius 1 is 1.25 bits per heavy atom. The van der Waals surface area contributed by atoms with E-state index in [1.54, 1.807) is 0 Å². The van der Waals surface area contributed by atoms with Crippen molar-refractivity contribution in [2.45, 2.75) is 19.8 Å². The van der Waals surface area contributed by atoms with Crippen molar-refractivity contribution >= 4 is 11.0 Å². The van der Waals surface area contributed by atoms with Crippen LogP contribution in [0.25, 0.3) is 11.0 Å². The molecule has 82 valence electrons. The summed E-state index contributed by atoms with van der Waals surface area (Å²) in [6.45, 7) is 4.02. The molecule has 1 unspecified atom stereocenters. The van der Waals surface area contributed by atoms with E-state index in [9.17, 15) is 4.79 Å². The fourth-order valence-corrected chi connectivity index (χ4v) is 1.85. The van der Waals surface area contributed by atoms with E-state index in [0.29, 0.717) is 0 Å². The van der Waals surface area contributed by atoms with E-state index < -0.39 is 0 Å². The molecule has 0 aliphatic rings. The highest BCUT2D eigenvalue weighted by molar-refractivity contribution is 5.75. The molecule has 1 aromatic heterocycles. The average molecular weight is 215 g/mol. The molecule has 0 amide bonds. The number of aromatic amines is 2. The van der Waals surface area contributed by atoms with E-state index in [4.69, 9.17) is 5.26 Å². The minimum Gasteiger partial charge on any atom is -0.306 e. The van der Waals surface area contributed by atoms with Crippen LogP contribution < -0.4 is 5.69 Å². The monoisotopic (exact) mass is 215 g/mol. The zero-order chi connectivity index (χ0) is 11.7. The number of imidazole rings is 1. The van der Waals surface area contributed by atoms with Crippen LogP contribution in [-0.2, 0) is 0 Å². The first-order valence-electron chi connectivity index (χ1n) is 5.23. The summed E-state index contributed by atoms with van der Waals surface area (Å²) in [6, 6.07) is 7.87. The van der Waals surface area contributed by atoms with Crippen molar-refractivity contribution in [1.82, 2.24) is 9.97 Å². The number of benzene rings is 1. The molecule has 1 heterocycles. The van der Waals surface area contributed by atoms with Gasteiger partial charge >= 0.3 is 5.69 Å². The molecule has 2 rings (SSSR count). The molecule has 0 fully saturated rings. The summed E-state index contributed by atoms with van der Waals surface area (Å²) >= 11 is 0. The van der Waals surface area contributed by atoms with Gasteiger partial charge in [0.05, 0.1) is 23.0 Å². The number of hydrogen-bond acceptors (Lipinski definition) is 2. The Kier molecular flexibility index (Phi) is 2.53. The van der Waals surface area contributed by atoms with Crippen LogP contribution in [0.3, 0.4) is 0 Å². The summed E-state index contributed by atoms with van der Waals surface area (Å²) in [5.41, 5.74) is 2.25. The molecular weight excluding hydrogens is 202 g/mol. The number of hydrogen-bond donors (Lipinski definition) is 2. The third-order valence-corrected chi connectivity index (χ3v) is 2.70. The van der Waals surface area contributed by atoms with Gasteiger partial charge < -0.3 is 9.97 Å².